The van der Waals surface area contributed by atoms with Gasteiger partial charge in [-0.25, -0.2) is 9.78 Å². The molecule has 2 N–H and O–H groups in total. The van der Waals surface area contributed by atoms with Crippen LogP contribution in [0.25, 0.3) is 16.3 Å². The van der Waals surface area contributed by atoms with Crippen LogP contribution in [0.5, 0.6) is 0 Å². The van der Waals surface area contributed by atoms with Gasteiger partial charge >= 0.3 is 6.09 Å². The average Bonchev–Trinajstić information content (AvgIpc) is 3.47. The zero-order chi connectivity index (χ0) is 22.7. The molecule has 0 saturated heterocycles. The van der Waals surface area contributed by atoms with E-state index in [-0.39, 0.29) is 5.95 Å². The smallest absolute Gasteiger partial charge is 0.408 e. The van der Waals surface area contributed by atoms with E-state index in [0.717, 1.165) is 15.4 Å². The summed E-state index contributed by atoms with van der Waals surface area (Å²) in [6, 6.07) is 8.69. The normalized spacial score (nSPS) is 12.5. The predicted octanol–water partition coefficient (Wildman–Crippen LogP) is 3.99. The van der Waals surface area contributed by atoms with Crippen molar-refractivity contribution in [1.82, 2.24) is 24.9 Å². The van der Waals surface area contributed by atoms with E-state index in [0.29, 0.717) is 12.2 Å². The molecule has 0 radical (unpaired) electrons. The molecule has 0 spiro atoms. The van der Waals surface area contributed by atoms with E-state index in [2.05, 4.69) is 25.7 Å². The van der Waals surface area contributed by atoms with Gasteiger partial charge in [0.1, 0.15) is 11.6 Å². The van der Waals surface area contributed by atoms with Gasteiger partial charge in [0, 0.05) is 17.5 Å². The number of carbonyl (C=O) groups is 2. The maximum atomic E-state index is 13.0. The maximum absolute atomic E-state index is 13.0. The number of alkyl carbamates (subject to hydrolysis) is 1. The first-order chi connectivity index (χ1) is 15.3. The molecular weight excluding hydrogens is 448 g/mol. The molecule has 4 aromatic heterocycles. The zero-order valence-electron chi connectivity index (χ0n) is 17.7. The number of anilines is 1. The summed E-state index contributed by atoms with van der Waals surface area (Å²) >= 11 is 3.07. The lowest BCUT2D eigenvalue weighted by Gasteiger charge is -2.22. The number of thiophene rings is 2. The zero-order valence-corrected chi connectivity index (χ0v) is 19.4. The Morgan fingerprint density at radius 3 is 2.62 bits per heavy atom. The van der Waals surface area contributed by atoms with Gasteiger partial charge in [-0.15, -0.1) is 27.8 Å². The third-order valence-electron chi connectivity index (χ3n) is 4.24. The molecule has 0 fully saturated rings. The molecule has 0 bridgehead atoms. The number of nitrogens with one attached hydrogen (secondary N) is 2. The molecule has 166 valence electrons. The molecule has 0 aliphatic rings. The van der Waals surface area contributed by atoms with E-state index in [1.165, 1.54) is 11.3 Å². The van der Waals surface area contributed by atoms with E-state index in [1.807, 2.05) is 41.1 Å². The second-order valence-electron chi connectivity index (χ2n) is 7.93. The number of fused-ring (bicyclic) bond motifs is 1. The molecule has 0 aliphatic heterocycles. The lowest BCUT2D eigenvalue weighted by Crippen LogP contribution is -2.47. The molecule has 4 aromatic rings. The number of ether oxygens (including phenoxy) is 1. The van der Waals surface area contributed by atoms with Crippen LogP contribution in [0.4, 0.5) is 10.7 Å². The van der Waals surface area contributed by atoms with Crippen LogP contribution in [-0.4, -0.2) is 43.2 Å². The van der Waals surface area contributed by atoms with Gasteiger partial charge in [-0.3, -0.25) is 10.1 Å². The quantitative estimate of drug-likeness (QED) is 0.441. The summed E-state index contributed by atoms with van der Waals surface area (Å²) in [5.74, 6) is 0.0209. The van der Waals surface area contributed by atoms with Crippen LogP contribution in [0.2, 0.25) is 0 Å². The van der Waals surface area contributed by atoms with Gasteiger partial charge in [-0.05, 0) is 49.7 Å². The van der Waals surface area contributed by atoms with Crippen molar-refractivity contribution < 1.29 is 14.3 Å². The molecule has 9 nitrogen and oxygen atoms in total. The van der Waals surface area contributed by atoms with Gasteiger partial charge in [0.05, 0.1) is 10.6 Å². The van der Waals surface area contributed by atoms with Gasteiger partial charge in [0.15, 0.2) is 0 Å². The minimum atomic E-state index is -0.861. The summed E-state index contributed by atoms with van der Waals surface area (Å²) < 4.78 is 6.90. The summed E-state index contributed by atoms with van der Waals surface area (Å²) in [7, 11) is 0. The molecule has 0 aromatic carbocycles. The third-order valence-corrected chi connectivity index (χ3v) is 6.03. The first-order valence-corrected chi connectivity index (χ1v) is 11.6. The number of hydrogen-bond donors (Lipinski definition) is 2. The third kappa shape index (κ3) is 5.29. The van der Waals surface area contributed by atoms with Crippen molar-refractivity contribution in [3.05, 3.63) is 52.2 Å². The minimum Gasteiger partial charge on any atom is -0.444 e. The highest BCUT2D eigenvalue weighted by Crippen LogP contribution is 2.24. The first-order valence-electron chi connectivity index (χ1n) is 9.87. The van der Waals surface area contributed by atoms with E-state index >= 15 is 0 Å². The van der Waals surface area contributed by atoms with E-state index in [4.69, 9.17) is 4.74 Å². The largest absolute Gasteiger partial charge is 0.444 e. The average molecular weight is 471 g/mol. The van der Waals surface area contributed by atoms with E-state index < -0.39 is 23.6 Å². The van der Waals surface area contributed by atoms with Crippen molar-refractivity contribution in [2.24, 2.45) is 0 Å². The van der Waals surface area contributed by atoms with Crippen LogP contribution in [0.1, 0.15) is 25.6 Å². The highest BCUT2D eigenvalue weighted by molar-refractivity contribution is 7.13. The highest BCUT2D eigenvalue weighted by Gasteiger charge is 2.26. The Balaban J connectivity index is 1.55. The Hall–Kier alpha value is -3.31. The Morgan fingerprint density at radius 1 is 1.16 bits per heavy atom. The molecule has 32 heavy (non-hydrogen) atoms. The van der Waals surface area contributed by atoms with Crippen molar-refractivity contribution in [2.75, 3.05) is 5.32 Å². The van der Waals surface area contributed by atoms with Crippen molar-refractivity contribution in [1.29, 1.82) is 0 Å². The number of carbonyl (C=O) groups excluding carboxylic acids is 2. The fraction of sp³-hybridized carbons (Fsp3) is 0.286. The summed E-state index contributed by atoms with van der Waals surface area (Å²) in [5, 5.41) is 13.6. The highest BCUT2D eigenvalue weighted by atomic mass is 32.1. The van der Waals surface area contributed by atoms with Crippen LogP contribution >= 0.6 is 22.7 Å². The molecule has 2 amide bonds. The first kappa shape index (κ1) is 21.9. The summed E-state index contributed by atoms with van der Waals surface area (Å²) in [6.07, 6.45) is 1.29. The van der Waals surface area contributed by atoms with Crippen molar-refractivity contribution in [3.63, 3.8) is 0 Å². The molecular formula is C21H22N6O3S2. The topological polar surface area (TPSA) is 111 Å². The number of rotatable bonds is 6. The summed E-state index contributed by atoms with van der Waals surface area (Å²) in [5.41, 5.74) is 0.140. The molecule has 4 rings (SSSR count). The second-order valence-corrected chi connectivity index (χ2v) is 9.91. The van der Waals surface area contributed by atoms with Gasteiger partial charge in [-0.2, -0.15) is 9.50 Å². The van der Waals surface area contributed by atoms with E-state index in [9.17, 15) is 9.59 Å². The predicted molar refractivity (Wildman–Crippen MR) is 124 cm³/mol. The number of aromatic nitrogens is 4. The van der Waals surface area contributed by atoms with Gasteiger partial charge in [0.25, 0.3) is 11.7 Å². The molecule has 0 aliphatic carbocycles. The van der Waals surface area contributed by atoms with Crippen LogP contribution in [0.15, 0.2) is 47.3 Å². The van der Waals surface area contributed by atoms with Crippen LogP contribution in [0, 0.1) is 0 Å². The Bertz CT molecular complexity index is 1210. The van der Waals surface area contributed by atoms with Gasteiger partial charge in [0.2, 0.25) is 5.91 Å². The molecule has 1 atom stereocenters. The Morgan fingerprint density at radius 2 is 1.94 bits per heavy atom. The number of nitrogens with zero attached hydrogens (tertiary/aromatic N) is 4. The van der Waals surface area contributed by atoms with Crippen molar-refractivity contribution in [3.8, 4) is 10.6 Å². The van der Waals surface area contributed by atoms with Gasteiger partial charge in [-0.1, -0.05) is 12.1 Å². The lowest BCUT2D eigenvalue weighted by molar-refractivity contribution is -0.118. The number of hydrogen-bond acceptors (Lipinski definition) is 8. The van der Waals surface area contributed by atoms with Crippen molar-refractivity contribution in [2.45, 2.75) is 38.8 Å². The van der Waals surface area contributed by atoms with Crippen molar-refractivity contribution >= 4 is 46.4 Å². The number of amides is 2. The summed E-state index contributed by atoms with van der Waals surface area (Å²) in [6.45, 7) is 5.29. The van der Waals surface area contributed by atoms with Crippen LogP contribution in [-0.2, 0) is 16.0 Å². The fourth-order valence-corrected chi connectivity index (χ4v) is 4.43. The Kier molecular flexibility index (Phi) is 6.19. The second kappa shape index (κ2) is 9.05. The molecule has 1 unspecified atom stereocenters. The minimum absolute atomic E-state index is 0.105. The molecule has 11 heteroatoms. The molecule has 0 saturated carbocycles. The standard InChI is InChI=1S/C21H22N6O3S2/c1-21(2,3)30-20(29)23-14(12-13-6-4-10-31-13)17(28)24-18-25-19-22-9-8-15(27(19)26-18)16-7-5-11-32-16/h4-11,14H,12H2,1-3H3,(H,23,29)(H,24,26,28). The molecule has 4 heterocycles. The fourth-order valence-electron chi connectivity index (χ4n) is 2.94. The SMILES string of the molecule is CC(C)(C)OC(=O)NC(Cc1cccs1)C(=O)Nc1nc2nccc(-c3cccs3)n2n1. The monoisotopic (exact) mass is 470 g/mol. The summed E-state index contributed by atoms with van der Waals surface area (Å²) in [4.78, 5) is 35.9. The maximum Gasteiger partial charge on any atom is 0.408 e. The van der Waals surface area contributed by atoms with Gasteiger partial charge < -0.3 is 10.1 Å². The van der Waals surface area contributed by atoms with Crippen LogP contribution in [0.3, 0.4) is 0 Å². The van der Waals surface area contributed by atoms with Crippen LogP contribution < -0.4 is 10.6 Å². The Labute approximate surface area is 192 Å². The van der Waals surface area contributed by atoms with E-state index in [1.54, 1.807) is 42.8 Å². The lowest BCUT2D eigenvalue weighted by atomic mass is 10.1.